The summed E-state index contributed by atoms with van der Waals surface area (Å²) in [6.45, 7) is 13.3. The lowest BCUT2D eigenvalue weighted by Gasteiger charge is -2.63. The largest absolute Gasteiger partial charge is 0.497 e. The van der Waals surface area contributed by atoms with Gasteiger partial charge in [-0.05, 0) is 142 Å². The van der Waals surface area contributed by atoms with Crippen LogP contribution in [0.15, 0.2) is 96.0 Å². The van der Waals surface area contributed by atoms with Crippen molar-refractivity contribution in [2.45, 2.75) is 175 Å². The molecule has 19 rings (SSSR count). The van der Waals surface area contributed by atoms with Gasteiger partial charge < -0.3 is 63.9 Å². The van der Waals surface area contributed by atoms with Gasteiger partial charge in [-0.2, -0.15) is 0 Å². The van der Waals surface area contributed by atoms with Crippen LogP contribution in [0.3, 0.4) is 0 Å². The smallest absolute Gasteiger partial charge is 0.344 e. The average Bonchev–Trinajstić information content (AvgIpc) is 1.47. The maximum absolute atomic E-state index is 15.3. The number of esters is 3. The van der Waals surface area contributed by atoms with Crippen molar-refractivity contribution in [3.8, 4) is 11.5 Å². The summed E-state index contributed by atoms with van der Waals surface area (Å²) < 4.78 is 28.9. The fourth-order valence-corrected chi connectivity index (χ4v) is 23.6. The number of nitrogens with zero attached hydrogens (tertiary/aromatic N) is 6. The molecule has 1 amide bonds. The first kappa shape index (κ1) is 66.9. The van der Waals surface area contributed by atoms with Gasteiger partial charge in [-0.3, -0.25) is 34.1 Å². The van der Waals surface area contributed by atoms with E-state index in [0.29, 0.717) is 135 Å². The van der Waals surface area contributed by atoms with Gasteiger partial charge in [-0.25, -0.2) is 4.79 Å². The first-order chi connectivity index (χ1) is 48.2. The molecule has 6 saturated heterocycles. The Balaban J connectivity index is 0.000000155. The molecule has 2 aromatic heterocycles. The maximum Gasteiger partial charge on any atom is 0.344 e. The van der Waals surface area contributed by atoms with Crippen molar-refractivity contribution in [1.29, 1.82) is 0 Å². The Labute approximate surface area is 583 Å². The molecule has 13 heterocycles. The van der Waals surface area contributed by atoms with E-state index in [4.69, 9.17) is 23.7 Å². The molecule has 8 fully saturated rings. The molecule has 2 aliphatic carbocycles. The second-order valence-corrected chi connectivity index (χ2v) is 31.0. The number of para-hydroxylation sites is 2. The number of aliphatic hydroxyl groups is 4. The number of likely N-dealkylation sites (N-methyl/N-ethyl adjacent to an activating group) is 1. The standard InChI is InChI=1S/C46H56N4O10.C20H26N2O2.C13H14N2O/c1-7-42(55)22-28-23-45(40(53)58-5,36-30(14-18-48(24-28)25-42)29-12-9-10-13-33(29)47-36)32-20-31-34(21-35(32)57-4)50(26-51)38-44(31)16-19-49-17-11-15-43(8-2,37(44)49)39(60-27(3)52)46(38,56)41(54)59-6;1-3-10-11-8-14-17-20(12-6-4-5-7-13(12)21(17)2)9-15(16(11)18(20)23)22(14)19(10)24;1-8-13-11(5-6-14-8)10-4-3-9(16-2)7-12(10)15-13/h9-13,15,20-21,26,28,37-39,47,55-56H,7-8,14,16-19,22-25H2,1-6H3;4-7,10-11,14-19,23-24H,3,8-9H2,1-2H3;3-4,7,15H,5-6H2,1-2H3/t28-,37+,38-,39-,42+,43-,44-,45+,46+;10-,11-,14-,15-,16?,17-,18+,19+,20+;/m10./s1. The van der Waals surface area contributed by atoms with Gasteiger partial charge in [0.1, 0.15) is 23.1 Å². The predicted octanol–water partition coefficient (Wildman–Crippen LogP) is 7.61. The highest BCUT2D eigenvalue weighted by atomic mass is 16.6. The summed E-state index contributed by atoms with van der Waals surface area (Å²) in [5.41, 5.74) is 4.19. The molecular formula is C79H96N8O13. The van der Waals surface area contributed by atoms with E-state index >= 15 is 4.79 Å². The Kier molecular flexibility index (Phi) is 16.0. The number of piperidine rings is 5. The number of rotatable bonds is 10. The van der Waals surface area contributed by atoms with Crippen molar-refractivity contribution in [3.05, 3.63) is 130 Å². The number of fused-ring (bicyclic) bond motifs is 11. The molecule has 530 valence electrons. The Morgan fingerprint density at radius 3 is 2.28 bits per heavy atom. The normalized spacial score (nSPS) is 37.6. The van der Waals surface area contributed by atoms with Crippen LogP contribution in [-0.2, 0) is 62.5 Å². The maximum atomic E-state index is 15.3. The SMILES string of the molecule is CC[C@H]1[C@@H]2C[C@H]3[C@@H]4N(C)c5ccccc5[C@]45C[C@@H](C2[C@H]5O)N3[C@@H]1O.CC[C@]1(O)C[C@H]2C[N@](CCc3c([nH]c4ccccc34)[C@@](C(=O)OC)(c3cc4c(cc3OC)N(C=O)[C@H]3[C@@](O)(C(=O)OC)[C@H](OC(C)=O)[C@]5(CC)C=CCN6CC[C@]43[C@@H]65)C2)C1.COc1ccc2c3c([nH]c2c1)C(C)=NCC3. The summed E-state index contributed by atoms with van der Waals surface area (Å²) in [6, 6.07) is 25.9. The van der Waals surface area contributed by atoms with Crippen LogP contribution in [0.2, 0.25) is 0 Å². The summed E-state index contributed by atoms with van der Waals surface area (Å²) in [4.78, 5) is 78.9. The highest BCUT2D eigenvalue weighted by Gasteiger charge is 2.81. The molecule has 6 aromatic rings. The van der Waals surface area contributed by atoms with Gasteiger partial charge in [0.15, 0.2) is 6.10 Å². The summed E-state index contributed by atoms with van der Waals surface area (Å²) in [7, 11) is 7.97. The van der Waals surface area contributed by atoms with Crippen LogP contribution in [-0.4, -0.2) is 210 Å². The molecule has 100 heavy (non-hydrogen) atoms. The second kappa shape index (κ2) is 24.0. The van der Waals surface area contributed by atoms with Crippen LogP contribution in [0, 0.1) is 29.1 Å². The number of hydrogen-bond donors (Lipinski definition) is 6. The van der Waals surface area contributed by atoms with Crippen LogP contribution >= 0.6 is 0 Å². The van der Waals surface area contributed by atoms with Gasteiger partial charge in [0.05, 0.1) is 69.3 Å². The van der Waals surface area contributed by atoms with E-state index in [2.05, 4.69) is 91.9 Å². The zero-order valence-corrected chi connectivity index (χ0v) is 59.1. The molecule has 2 saturated carbocycles. The lowest BCUT2D eigenvalue weighted by atomic mass is 9.47. The number of ether oxygens (including phenoxy) is 5. The number of carbonyl (C=O) groups excluding carboxylic acids is 4. The third-order valence-corrected chi connectivity index (χ3v) is 27.1. The number of hydrogen-bond acceptors (Lipinski definition) is 18. The number of aromatic nitrogens is 2. The molecule has 2 unspecified atom stereocenters. The number of H-pyrrole nitrogens is 2. The molecular weight excluding hydrogens is 1270 g/mol. The average molecular weight is 1370 g/mol. The third kappa shape index (κ3) is 8.86. The highest BCUT2D eigenvalue weighted by molar-refractivity contribution is 6.05. The molecule has 2 spiro atoms. The monoisotopic (exact) mass is 1360 g/mol. The van der Waals surface area contributed by atoms with E-state index in [9.17, 15) is 34.8 Å². The number of nitrogens with one attached hydrogen (secondary N) is 2. The Morgan fingerprint density at radius 2 is 1.55 bits per heavy atom. The van der Waals surface area contributed by atoms with E-state index in [0.717, 1.165) is 65.7 Å². The summed E-state index contributed by atoms with van der Waals surface area (Å²) in [5.74, 6) is -0.0399. The van der Waals surface area contributed by atoms with Crippen LogP contribution in [0.5, 0.6) is 11.5 Å². The van der Waals surface area contributed by atoms with Crippen molar-refractivity contribution in [2.75, 3.05) is 84.6 Å². The van der Waals surface area contributed by atoms with Gasteiger partial charge in [-0.15, -0.1) is 0 Å². The Bertz CT molecular complexity index is 4380. The lowest BCUT2D eigenvalue weighted by molar-refractivity contribution is -0.228. The molecule has 7 bridgehead atoms. The van der Waals surface area contributed by atoms with Crippen molar-refractivity contribution in [2.24, 2.45) is 34.1 Å². The van der Waals surface area contributed by atoms with E-state index in [1.165, 1.54) is 61.0 Å². The van der Waals surface area contributed by atoms with Gasteiger partial charge in [0.2, 0.25) is 12.0 Å². The minimum absolute atomic E-state index is 0.126. The van der Waals surface area contributed by atoms with Gasteiger partial charge in [0, 0.05) is 144 Å². The zero-order valence-electron chi connectivity index (χ0n) is 59.1. The predicted molar refractivity (Wildman–Crippen MR) is 378 cm³/mol. The van der Waals surface area contributed by atoms with Gasteiger partial charge >= 0.3 is 17.9 Å². The molecule has 20 atom stereocenters. The number of aliphatic hydroxyl groups excluding tert-OH is 2. The van der Waals surface area contributed by atoms with Crippen LogP contribution in [0.4, 0.5) is 11.4 Å². The van der Waals surface area contributed by atoms with E-state index in [-0.39, 0.29) is 30.1 Å². The fraction of sp³-hybridized carbons (Fsp3) is 0.557. The minimum Gasteiger partial charge on any atom is -0.497 e. The molecule has 0 radical (unpaired) electrons. The third-order valence-electron chi connectivity index (χ3n) is 27.1. The summed E-state index contributed by atoms with van der Waals surface area (Å²) in [5, 5.41) is 50.2. The summed E-state index contributed by atoms with van der Waals surface area (Å²) >= 11 is 0. The van der Waals surface area contributed by atoms with E-state index in [1.54, 1.807) is 13.2 Å². The van der Waals surface area contributed by atoms with Gasteiger partial charge in [0.25, 0.3) is 0 Å². The van der Waals surface area contributed by atoms with Crippen molar-refractivity contribution in [3.63, 3.8) is 0 Å². The van der Waals surface area contributed by atoms with Crippen LogP contribution < -0.4 is 19.3 Å². The Morgan fingerprint density at radius 1 is 0.780 bits per heavy atom. The number of aromatic amines is 2. The number of aliphatic imine (C=N–C) groups is 1. The lowest BCUT2D eigenvalue weighted by Crippen LogP contribution is -2.81. The molecule has 21 nitrogen and oxygen atoms in total. The zero-order chi connectivity index (χ0) is 70.1. The van der Waals surface area contributed by atoms with E-state index < -0.39 is 63.5 Å². The van der Waals surface area contributed by atoms with E-state index in [1.807, 2.05) is 62.4 Å². The number of carbonyl (C=O) groups is 4. The summed E-state index contributed by atoms with van der Waals surface area (Å²) in [6.07, 6.45) is 9.41. The van der Waals surface area contributed by atoms with Crippen molar-refractivity contribution in [1.82, 2.24) is 24.7 Å². The molecule has 11 aliphatic heterocycles. The molecule has 6 N–H and O–H groups in total. The number of amides is 1. The quantitative estimate of drug-likeness (QED) is 0.0334. The number of benzene rings is 4. The molecule has 4 aromatic carbocycles. The first-order valence-corrected chi connectivity index (χ1v) is 36.3. The minimum atomic E-state index is -2.53. The van der Waals surface area contributed by atoms with Crippen molar-refractivity contribution < 1.29 is 63.3 Å². The first-order valence-electron chi connectivity index (χ1n) is 36.3. The number of anilines is 2. The van der Waals surface area contributed by atoms with Crippen LogP contribution in [0.1, 0.15) is 125 Å². The fourth-order valence-electron chi connectivity index (χ4n) is 23.6. The van der Waals surface area contributed by atoms with Crippen LogP contribution in [0.25, 0.3) is 21.8 Å². The highest BCUT2D eigenvalue weighted by Crippen LogP contribution is 2.71. The molecule has 13 aliphatic rings. The Hall–Kier alpha value is -7.63. The molecule has 21 heteroatoms. The van der Waals surface area contributed by atoms with Gasteiger partial charge in [-0.1, -0.05) is 69.3 Å². The number of methoxy groups -OCH3 is 4. The second-order valence-electron chi connectivity index (χ2n) is 31.0. The van der Waals surface area contributed by atoms with Crippen molar-refractivity contribution >= 4 is 63.2 Å². The topological polar surface area (TPSA) is 255 Å².